The van der Waals surface area contributed by atoms with Crippen LogP contribution in [0.1, 0.15) is 42.6 Å². The van der Waals surface area contributed by atoms with Crippen molar-refractivity contribution in [3.8, 4) is 5.75 Å². The molecule has 2 aromatic carbocycles. The zero-order valence-corrected chi connectivity index (χ0v) is 14.5. The molecule has 1 atom stereocenters. The van der Waals surface area contributed by atoms with Crippen LogP contribution in [0, 0.1) is 5.92 Å². The molecule has 4 heteroatoms. The lowest BCUT2D eigenvalue weighted by molar-refractivity contribution is -0.118. The number of amides is 1. The van der Waals surface area contributed by atoms with E-state index in [9.17, 15) is 9.59 Å². The first-order valence-electron chi connectivity index (χ1n) is 7.98. The van der Waals surface area contributed by atoms with E-state index in [2.05, 4.69) is 5.32 Å². The van der Waals surface area contributed by atoms with E-state index in [0.29, 0.717) is 11.3 Å². The number of benzene rings is 2. The molecule has 0 saturated carbocycles. The summed E-state index contributed by atoms with van der Waals surface area (Å²) in [4.78, 5) is 24.2. The van der Waals surface area contributed by atoms with Crippen molar-refractivity contribution >= 4 is 17.4 Å². The molecule has 2 rings (SSSR count). The van der Waals surface area contributed by atoms with Crippen LogP contribution in [0.5, 0.6) is 5.75 Å². The third kappa shape index (κ3) is 4.22. The summed E-state index contributed by atoms with van der Waals surface area (Å²) < 4.78 is 5.17. The summed E-state index contributed by atoms with van der Waals surface area (Å²) in [6, 6.07) is 14.5. The van der Waals surface area contributed by atoms with Crippen LogP contribution in [-0.2, 0) is 4.79 Å². The van der Waals surface area contributed by atoms with Gasteiger partial charge in [-0.15, -0.1) is 0 Å². The van der Waals surface area contributed by atoms with Gasteiger partial charge in [0.05, 0.1) is 13.0 Å². The summed E-state index contributed by atoms with van der Waals surface area (Å²) in [5.41, 5.74) is 2.15. The fraction of sp³-hybridized carbons (Fsp3) is 0.300. The Morgan fingerprint density at radius 1 is 1.04 bits per heavy atom. The summed E-state index contributed by atoms with van der Waals surface area (Å²) in [7, 11) is 1.61. The number of rotatable bonds is 6. The molecule has 126 valence electrons. The summed E-state index contributed by atoms with van der Waals surface area (Å²) in [6.45, 7) is 5.54. The van der Waals surface area contributed by atoms with E-state index in [4.69, 9.17) is 4.74 Å². The number of carbonyl (C=O) groups is 2. The van der Waals surface area contributed by atoms with E-state index in [1.54, 1.807) is 31.4 Å². The van der Waals surface area contributed by atoms with Gasteiger partial charge >= 0.3 is 0 Å². The molecule has 0 aliphatic heterocycles. The van der Waals surface area contributed by atoms with E-state index in [1.165, 1.54) is 6.92 Å². The molecule has 0 radical (unpaired) electrons. The molecule has 1 amide bonds. The normalized spacial score (nSPS) is 11.9. The minimum absolute atomic E-state index is 0.0262. The van der Waals surface area contributed by atoms with Crippen molar-refractivity contribution in [3.05, 3.63) is 59.7 Å². The van der Waals surface area contributed by atoms with Crippen LogP contribution in [0.15, 0.2) is 48.5 Å². The Hall–Kier alpha value is -2.62. The molecule has 0 heterocycles. The average molecular weight is 325 g/mol. The summed E-state index contributed by atoms with van der Waals surface area (Å²) in [5, 5.41) is 2.92. The van der Waals surface area contributed by atoms with Gasteiger partial charge in [-0.1, -0.05) is 38.1 Å². The monoisotopic (exact) mass is 325 g/mol. The molecule has 1 N–H and O–H groups in total. The first-order chi connectivity index (χ1) is 11.4. The Kier molecular flexibility index (Phi) is 5.74. The van der Waals surface area contributed by atoms with Gasteiger partial charge in [-0.3, -0.25) is 9.59 Å². The lowest BCUT2D eigenvalue weighted by atomic mass is 9.87. The highest BCUT2D eigenvalue weighted by atomic mass is 16.5. The van der Waals surface area contributed by atoms with Crippen molar-refractivity contribution in [2.24, 2.45) is 5.92 Å². The topological polar surface area (TPSA) is 55.4 Å². The first kappa shape index (κ1) is 17.7. The fourth-order valence-corrected chi connectivity index (χ4v) is 2.69. The van der Waals surface area contributed by atoms with E-state index >= 15 is 0 Å². The van der Waals surface area contributed by atoms with E-state index in [-0.39, 0.29) is 23.5 Å². The Labute approximate surface area is 142 Å². The molecule has 0 bridgehead atoms. The number of ether oxygens (including phenoxy) is 1. The third-order valence-electron chi connectivity index (χ3n) is 3.96. The zero-order valence-electron chi connectivity index (χ0n) is 14.5. The van der Waals surface area contributed by atoms with Gasteiger partial charge in [0.25, 0.3) is 0 Å². The van der Waals surface area contributed by atoms with Crippen LogP contribution >= 0.6 is 0 Å². The molecule has 0 aliphatic rings. The average Bonchev–Trinajstić information content (AvgIpc) is 2.55. The van der Waals surface area contributed by atoms with Crippen LogP contribution in [-0.4, -0.2) is 18.8 Å². The lowest BCUT2D eigenvalue weighted by Gasteiger charge is -2.21. The summed E-state index contributed by atoms with van der Waals surface area (Å²) in [5.74, 6) is 0.500. The van der Waals surface area contributed by atoms with Gasteiger partial charge in [-0.2, -0.15) is 0 Å². The van der Waals surface area contributed by atoms with Gasteiger partial charge < -0.3 is 10.1 Å². The third-order valence-corrected chi connectivity index (χ3v) is 3.96. The largest absolute Gasteiger partial charge is 0.497 e. The second kappa shape index (κ2) is 7.77. The van der Waals surface area contributed by atoms with Crippen molar-refractivity contribution in [2.45, 2.75) is 26.7 Å². The highest BCUT2D eigenvalue weighted by Gasteiger charge is 2.24. The van der Waals surface area contributed by atoms with Crippen molar-refractivity contribution < 1.29 is 14.3 Å². The number of Topliss-reactive ketones (excluding diaryl/α,β-unsaturated/α-hetero) is 1. The number of nitrogens with one attached hydrogen (secondary N) is 1. The minimum Gasteiger partial charge on any atom is -0.497 e. The predicted molar refractivity (Wildman–Crippen MR) is 95.6 cm³/mol. The molecule has 1 unspecified atom stereocenters. The highest BCUT2D eigenvalue weighted by molar-refractivity contribution is 5.99. The number of hydrogen-bond donors (Lipinski definition) is 1. The molecule has 4 nitrogen and oxygen atoms in total. The molecule has 2 aromatic rings. The second-order valence-electron chi connectivity index (χ2n) is 6.12. The molecular weight excluding hydrogens is 302 g/mol. The van der Waals surface area contributed by atoms with Crippen LogP contribution in [0.25, 0.3) is 0 Å². The lowest BCUT2D eigenvalue weighted by Crippen LogP contribution is -2.25. The van der Waals surface area contributed by atoms with Crippen LogP contribution < -0.4 is 10.1 Å². The highest BCUT2D eigenvalue weighted by Crippen LogP contribution is 2.28. The number of carbonyl (C=O) groups excluding carboxylic acids is 2. The standard InChI is InChI=1S/C20H23NO3/c1-13(2)19(15-8-10-18(24-4)11-9-15)20(23)21-17-7-5-6-16(12-17)14(3)22/h5-13,19H,1-4H3,(H,21,23). The summed E-state index contributed by atoms with van der Waals surface area (Å²) in [6.07, 6.45) is 0. The van der Waals surface area contributed by atoms with Gasteiger partial charge in [0.2, 0.25) is 5.91 Å². The maximum atomic E-state index is 12.8. The first-order valence-corrected chi connectivity index (χ1v) is 7.98. The van der Waals surface area contributed by atoms with Gasteiger partial charge in [-0.05, 0) is 42.7 Å². The Balaban J connectivity index is 2.23. The predicted octanol–water partition coefficient (Wildman–Crippen LogP) is 4.28. The minimum atomic E-state index is -0.281. The van der Waals surface area contributed by atoms with Gasteiger partial charge in [0.15, 0.2) is 5.78 Å². The van der Waals surface area contributed by atoms with E-state index in [1.807, 2.05) is 38.1 Å². The number of anilines is 1. The Morgan fingerprint density at radius 3 is 2.25 bits per heavy atom. The van der Waals surface area contributed by atoms with Crippen molar-refractivity contribution in [3.63, 3.8) is 0 Å². The molecule has 0 aliphatic carbocycles. The molecule has 0 fully saturated rings. The maximum absolute atomic E-state index is 12.8. The van der Waals surface area contributed by atoms with Crippen LogP contribution in [0.2, 0.25) is 0 Å². The fourth-order valence-electron chi connectivity index (χ4n) is 2.69. The Bertz CT molecular complexity index is 720. The number of ketones is 1. The zero-order chi connectivity index (χ0) is 17.7. The number of hydrogen-bond acceptors (Lipinski definition) is 3. The molecule has 0 aromatic heterocycles. The van der Waals surface area contributed by atoms with Crippen molar-refractivity contribution in [1.82, 2.24) is 0 Å². The van der Waals surface area contributed by atoms with Crippen LogP contribution in [0.3, 0.4) is 0 Å². The molecule has 0 saturated heterocycles. The smallest absolute Gasteiger partial charge is 0.232 e. The van der Waals surface area contributed by atoms with Crippen molar-refractivity contribution in [2.75, 3.05) is 12.4 Å². The quantitative estimate of drug-likeness (QED) is 0.807. The summed E-state index contributed by atoms with van der Waals surface area (Å²) >= 11 is 0. The van der Waals surface area contributed by atoms with Gasteiger partial charge in [0, 0.05) is 11.3 Å². The number of methoxy groups -OCH3 is 1. The Morgan fingerprint density at radius 2 is 1.71 bits per heavy atom. The maximum Gasteiger partial charge on any atom is 0.232 e. The van der Waals surface area contributed by atoms with E-state index < -0.39 is 0 Å². The van der Waals surface area contributed by atoms with Gasteiger partial charge in [-0.25, -0.2) is 0 Å². The molecule has 24 heavy (non-hydrogen) atoms. The van der Waals surface area contributed by atoms with Crippen molar-refractivity contribution in [1.29, 1.82) is 0 Å². The van der Waals surface area contributed by atoms with Gasteiger partial charge in [0.1, 0.15) is 5.75 Å². The van der Waals surface area contributed by atoms with Crippen LogP contribution in [0.4, 0.5) is 5.69 Å². The van der Waals surface area contributed by atoms with E-state index in [0.717, 1.165) is 11.3 Å². The molecule has 0 spiro atoms. The SMILES string of the molecule is COc1ccc(C(C(=O)Nc2cccc(C(C)=O)c2)C(C)C)cc1. The second-order valence-corrected chi connectivity index (χ2v) is 6.12. The molecular formula is C20H23NO3.